The molecule has 15 nitrogen and oxygen atoms in total. The maximum atomic E-state index is 12.7. The number of unbranched alkanes of at least 4 members (excludes halogenated alkanes) is 15. The van der Waals surface area contributed by atoms with E-state index in [0.717, 1.165) is 57.3 Å². The van der Waals surface area contributed by atoms with E-state index in [4.69, 9.17) is 23.8 Å². The summed E-state index contributed by atoms with van der Waals surface area (Å²) in [5, 5.41) is 29.9. The second-order valence-electron chi connectivity index (χ2n) is 16.6. The third-order valence-electron chi connectivity index (χ3n) is 9.85. The van der Waals surface area contributed by atoms with Gasteiger partial charge in [-0.3, -0.25) is 23.2 Å². The lowest BCUT2D eigenvalue weighted by molar-refractivity contribution is -0.161. The highest BCUT2D eigenvalue weighted by molar-refractivity contribution is 7.47. The molecule has 0 aromatic heterocycles. The number of rotatable bonds is 43. The summed E-state index contributed by atoms with van der Waals surface area (Å²) in [6, 6.07) is 0. The highest BCUT2D eigenvalue weighted by Crippen LogP contribution is 2.43. The fourth-order valence-corrected chi connectivity index (χ4v) is 7.37. The summed E-state index contributed by atoms with van der Waals surface area (Å²) < 4.78 is 47.7. The number of phosphoric ester groups is 2. The summed E-state index contributed by atoms with van der Waals surface area (Å²) in [5.41, 5.74) is 0. The van der Waals surface area contributed by atoms with Crippen LogP contribution in [0, 0.1) is 5.92 Å². The van der Waals surface area contributed by atoms with Crippen LogP contribution in [0.1, 0.15) is 175 Å². The fourth-order valence-electron chi connectivity index (χ4n) is 6.22. The van der Waals surface area contributed by atoms with Crippen molar-refractivity contribution in [2.75, 3.05) is 26.4 Å². The number of phosphoric acid groups is 2. The van der Waals surface area contributed by atoms with Gasteiger partial charge in [-0.15, -0.1) is 0 Å². The van der Waals surface area contributed by atoms with Crippen molar-refractivity contribution in [1.29, 1.82) is 0 Å². The topological polar surface area (TPSA) is 236 Å². The number of hydrogen-bond donors (Lipinski definition) is 6. The summed E-state index contributed by atoms with van der Waals surface area (Å²) in [5.74, 6) is -0.459. The first-order valence-corrected chi connectivity index (χ1v) is 26.4. The molecule has 0 rings (SSSR count). The van der Waals surface area contributed by atoms with E-state index < -0.39 is 78.4 Å². The van der Waals surface area contributed by atoms with Gasteiger partial charge in [-0.25, -0.2) is 9.13 Å². The van der Waals surface area contributed by atoms with E-state index in [0.29, 0.717) is 19.3 Å². The van der Waals surface area contributed by atoms with Crippen molar-refractivity contribution >= 4 is 27.6 Å². The molecule has 0 aliphatic heterocycles. The van der Waals surface area contributed by atoms with E-state index in [9.17, 15) is 38.9 Å². The lowest BCUT2D eigenvalue weighted by Gasteiger charge is -2.20. The van der Waals surface area contributed by atoms with Crippen LogP contribution in [0.3, 0.4) is 0 Å². The van der Waals surface area contributed by atoms with Gasteiger partial charge in [-0.05, 0) is 38.0 Å². The SMILES string of the molecule is CCCCC[C@H](O)/C=C/C=C\C/C=C\C=C\[C@H](O)CCCC(=O)OC[C@H](COP(=O)(O)OC[C@@H](O)COP(=O)(O)O)OC(=O)CCCCCCCCCCCCCCCCC(C)C. The normalized spacial score (nSPS) is 15.5. The standard InChI is InChI=1S/C46H84O15P2/c1-4-5-23-30-41(47)31-25-20-16-14-17-21-26-32-42(48)33-28-35-45(50)57-38-44(39-60-63(55,56)59-37-43(49)36-58-62(52,53)54)61-46(51)34-27-22-18-13-11-9-7-6-8-10-12-15-19-24-29-40(2)3/h16-17,20-21,25-26,31-32,40-44,47-49H,4-15,18-19,22-24,27-30,33-39H2,1-3H3,(H,55,56)(H2,52,53,54)/b20-16-,21-17-,31-25+,32-26+/t41-,42-,43-,44+/m0/s1. The zero-order valence-corrected chi connectivity index (χ0v) is 40.3. The molecule has 0 fully saturated rings. The van der Waals surface area contributed by atoms with Gasteiger partial charge in [0.2, 0.25) is 0 Å². The molecule has 368 valence electrons. The highest BCUT2D eigenvalue weighted by Gasteiger charge is 2.28. The Labute approximate surface area is 378 Å². The lowest BCUT2D eigenvalue weighted by atomic mass is 10.0. The minimum atomic E-state index is -4.89. The van der Waals surface area contributed by atoms with E-state index in [1.165, 1.54) is 64.2 Å². The number of ether oxygens (including phenoxy) is 2. The molecule has 0 bridgehead atoms. The van der Waals surface area contributed by atoms with E-state index in [2.05, 4.69) is 29.8 Å². The Kier molecular flexibility index (Phi) is 39.0. The Morgan fingerprint density at radius 1 is 0.540 bits per heavy atom. The minimum Gasteiger partial charge on any atom is -0.462 e. The molecule has 0 heterocycles. The van der Waals surface area contributed by atoms with Gasteiger partial charge in [0.1, 0.15) is 12.7 Å². The maximum absolute atomic E-state index is 12.7. The molecule has 63 heavy (non-hydrogen) atoms. The van der Waals surface area contributed by atoms with Crippen LogP contribution in [0.5, 0.6) is 0 Å². The molecule has 0 saturated heterocycles. The van der Waals surface area contributed by atoms with E-state index >= 15 is 0 Å². The predicted molar refractivity (Wildman–Crippen MR) is 246 cm³/mol. The molecule has 0 aromatic carbocycles. The molecular weight excluding hydrogens is 854 g/mol. The molecule has 0 radical (unpaired) electrons. The predicted octanol–water partition coefficient (Wildman–Crippen LogP) is 10.0. The number of aliphatic hydroxyl groups is 3. The second kappa shape index (κ2) is 40.3. The molecule has 6 N–H and O–H groups in total. The molecular formula is C46H84O15P2. The largest absolute Gasteiger partial charge is 0.472 e. The minimum absolute atomic E-state index is 0.0528. The Morgan fingerprint density at radius 2 is 1.00 bits per heavy atom. The van der Waals surface area contributed by atoms with E-state index in [-0.39, 0.29) is 19.3 Å². The number of esters is 2. The molecule has 0 saturated carbocycles. The molecule has 0 aliphatic rings. The Bertz CT molecular complexity index is 1350. The van der Waals surface area contributed by atoms with Crippen molar-refractivity contribution < 1.29 is 71.8 Å². The van der Waals surface area contributed by atoms with Gasteiger partial charge < -0.3 is 39.5 Å². The van der Waals surface area contributed by atoms with Crippen molar-refractivity contribution in [1.82, 2.24) is 0 Å². The first-order chi connectivity index (χ1) is 30.0. The number of aliphatic hydroxyl groups excluding tert-OH is 3. The van der Waals surface area contributed by atoms with Crippen LogP contribution in [0.15, 0.2) is 48.6 Å². The van der Waals surface area contributed by atoms with Crippen molar-refractivity contribution in [3.63, 3.8) is 0 Å². The Hall–Kier alpha value is -2.00. The summed E-state index contributed by atoms with van der Waals surface area (Å²) in [6.07, 6.45) is 33.2. The van der Waals surface area contributed by atoms with Gasteiger partial charge in [0.25, 0.3) is 0 Å². The quantitative estimate of drug-likeness (QED) is 0.0144. The smallest absolute Gasteiger partial charge is 0.462 e. The monoisotopic (exact) mass is 939 g/mol. The molecule has 5 atom stereocenters. The summed E-state index contributed by atoms with van der Waals surface area (Å²) >= 11 is 0. The summed E-state index contributed by atoms with van der Waals surface area (Å²) in [6.45, 7) is 3.74. The van der Waals surface area contributed by atoms with Crippen LogP contribution in [0.25, 0.3) is 0 Å². The first-order valence-electron chi connectivity index (χ1n) is 23.4. The average molecular weight is 939 g/mol. The van der Waals surface area contributed by atoms with Gasteiger partial charge in [-0.1, -0.05) is 179 Å². The van der Waals surface area contributed by atoms with Gasteiger partial charge in [0.05, 0.1) is 32.0 Å². The van der Waals surface area contributed by atoms with Crippen molar-refractivity contribution in [2.24, 2.45) is 5.92 Å². The molecule has 0 amide bonds. The van der Waals surface area contributed by atoms with Crippen molar-refractivity contribution in [3.8, 4) is 0 Å². The molecule has 0 spiro atoms. The maximum Gasteiger partial charge on any atom is 0.472 e. The number of allylic oxidation sites excluding steroid dienone is 6. The zero-order chi connectivity index (χ0) is 47.0. The molecule has 17 heteroatoms. The number of carbonyl (C=O) groups is 2. The first kappa shape index (κ1) is 61.0. The molecule has 1 unspecified atom stereocenters. The summed E-state index contributed by atoms with van der Waals surface area (Å²) in [4.78, 5) is 52.8. The van der Waals surface area contributed by atoms with Crippen LogP contribution < -0.4 is 0 Å². The lowest BCUT2D eigenvalue weighted by Crippen LogP contribution is -2.30. The highest BCUT2D eigenvalue weighted by atomic mass is 31.2. The fraction of sp³-hybridized carbons (Fsp3) is 0.783. The van der Waals surface area contributed by atoms with Crippen molar-refractivity contribution in [3.05, 3.63) is 48.6 Å². The van der Waals surface area contributed by atoms with Gasteiger partial charge >= 0.3 is 27.6 Å². The number of hydrogen-bond acceptors (Lipinski definition) is 12. The van der Waals surface area contributed by atoms with Crippen LogP contribution in [-0.2, 0) is 41.8 Å². The van der Waals surface area contributed by atoms with Crippen LogP contribution in [-0.4, -0.2) is 92.8 Å². The third kappa shape index (κ3) is 45.0. The third-order valence-corrected chi connectivity index (χ3v) is 11.3. The van der Waals surface area contributed by atoms with Gasteiger partial charge in [0, 0.05) is 12.8 Å². The zero-order valence-electron chi connectivity index (χ0n) is 38.6. The van der Waals surface area contributed by atoms with Gasteiger partial charge in [-0.2, -0.15) is 0 Å². The van der Waals surface area contributed by atoms with E-state index in [1.54, 1.807) is 24.3 Å². The summed E-state index contributed by atoms with van der Waals surface area (Å²) in [7, 11) is -9.75. The van der Waals surface area contributed by atoms with Crippen LogP contribution in [0.4, 0.5) is 0 Å². The number of carbonyl (C=O) groups excluding carboxylic acids is 2. The average Bonchev–Trinajstić information content (AvgIpc) is 3.22. The van der Waals surface area contributed by atoms with E-state index in [1.807, 2.05) is 24.3 Å². The van der Waals surface area contributed by atoms with Crippen LogP contribution >= 0.6 is 15.6 Å². The molecule has 0 aromatic rings. The van der Waals surface area contributed by atoms with Crippen LogP contribution in [0.2, 0.25) is 0 Å². The van der Waals surface area contributed by atoms with Crippen molar-refractivity contribution in [2.45, 2.75) is 199 Å². The Morgan fingerprint density at radius 3 is 1.52 bits per heavy atom. The van der Waals surface area contributed by atoms with Gasteiger partial charge in [0.15, 0.2) is 6.10 Å². The Balaban J connectivity index is 4.68. The second-order valence-corrected chi connectivity index (χ2v) is 19.3. The molecule has 0 aliphatic carbocycles.